The maximum atomic E-state index is 9.47. The summed E-state index contributed by atoms with van der Waals surface area (Å²) < 4.78 is 2.06. The fourth-order valence-corrected chi connectivity index (χ4v) is 2.06. The number of rotatable bonds is 2. The highest BCUT2D eigenvalue weighted by atomic mass is 16.3. The maximum Gasteiger partial charge on any atom is 0.157 e. The maximum absolute atomic E-state index is 9.47. The van der Waals surface area contributed by atoms with Crippen LogP contribution in [-0.4, -0.2) is 14.8 Å². The highest BCUT2D eigenvalue weighted by Crippen LogP contribution is 2.26. The van der Waals surface area contributed by atoms with Crippen molar-refractivity contribution in [2.45, 2.75) is 6.54 Å². The first-order valence-corrected chi connectivity index (χ1v) is 5.70. The minimum absolute atomic E-state index is 0.0899. The third kappa shape index (κ3) is 1.80. The van der Waals surface area contributed by atoms with Crippen molar-refractivity contribution in [1.82, 2.24) is 4.57 Å². The Hall–Kier alpha value is -2.42. The quantitative estimate of drug-likeness (QED) is 0.674. The number of phenols is 2. The monoisotopic (exact) mass is 238 g/mol. The van der Waals surface area contributed by atoms with E-state index in [9.17, 15) is 10.2 Å². The normalized spacial score (nSPS) is 10.9. The average Bonchev–Trinajstić information content (AvgIpc) is 2.78. The third-order valence-electron chi connectivity index (χ3n) is 2.98. The molecule has 2 N–H and O–H groups in total. The summed E-state index contributed by atoms with van der Waals surface area (Å²) in [6, 6.07) is 16.1. The molecule has 0 aliphatic heterocycles. The summed E-state index contributed by atoms with van der Waals surface area (Å²) >= 11 is 0. The van der Waals surface area contributed by atoms with E-state index in [0.717, 1.165) is 16.5 Å². The molecule has 1 aromatic heterocycles. The van der Waals surface area contributed by atoms with Crippen LogP contribution in [-0.2, 0) is 6.54 Å². The van der Waals surface area contributed by atoms with Crippen LogP contribution < -0.4 is 0 Å². The number of phenolic OH excluding ortho intramolecular Hbond substituents is 2. The molecule has 3 rings (SSSR count). The van der Waals surface area contributed by atoms with E-state index in [1.54, 1.807) is 12.1 Å². The van der Waals surface area contributed by atoms with Gasteiger partial charge in [-0.3, -0.25) is 0 Å². The first-order valence-electron chi connectivity index (χ1n) is 5.70. The van der Waals surface area contributed by atoms with Crippen LogP contribution in [0.1, 0.15) is 5.56 Å². The van der Waals surface area contributed by atoms with Gasteiger partial charge in [-0.1, -0.05) is 24.3 Å². The molecule has 0 aliphatic carbocycles. The zero-order valence-electron chi connectivity index (χ0n) is 9.67. The SMILES string of the molecule is Oc1ccc(Cn2c[c]c3ccccc32)cc1O. The molecule has 0 atom stereocenters. The van der Waals surface area contributed by atoms with Crippen molar-refractivity contribution in [3.05, 3.63) is 60.3 Å². The molecule has 0 unspecified atom stereocenters. The molecule has 1 heterocycles. The van der Waals surface area contributed by atoms with Crippen LogP contribution in [0.25, 0.3) is 10.9 Å². The molecule has 0 aliphatic rings. The Balaban J connectivity index is 1.98. The van der Waals surface area contributed by atoms with Crippen molar-refractivity contribution in [2.24, 2.45) is 0 Å². The fraction of sp³-hybridized carbons (Fsp3) is 0.0667. The summed E-state index contributed by atoms with van der Waals surface area (Å²) in [6.45, 7) is 0.637. The topological polar surface area (TPSA) is 45.4 Å². The lowest BCUT2D eigenvalue weighted by molar-refractivity contribution is 0.403. The van der Waals surface area contributed by atoms with Crippen LogP contribution in [0.3, 0.4) is 0 Å². The first-order chi connectivity index (χ1) is 8.74. The van der Waals surface area contributed by atoms with Crippen LogP contribution in [0.15, 0.2) is 48.7 Å². The number of aromatic nitrogens is 1. The van der Waals surface area contributed by atoms with E-state index < -0.39 is 0 Å². The van der Waals surface area contributed by atoms with Crippen LogP contribution in [0.2, 0.25) is 0 Å². The fourth-order valence-electron chi connectivity index (χ4n) is 2.06. The van der Waals surface area contributed by atoms with Gasteiger partial charge >= 0.3 is 0 Å². The largest absolute Gasteiger partial charge is 0.504 e. The van der Waals surface area contributed by atoms with Gasteiger partial charge < -0.3 is 14.8 Å². The van der Waals surface area contributed by atoms with Crippen LogP contribution in [0.4, 0.5) is 0 Å². The van der Waals surface area contributed by atoms with Gasteiger partial charge in [0, 0.05) is 29.7 Å². The summed E-state index contributed by atoms with van der Waals surface area (Å²) in [5.41, 5.74) is 2.03. The number of fused-ring (bicyclic) bond motifs is 1. The van der Waals surface area contributed by atoms with E-state index in [1.807, 2.05) is 30.5 Å². The van der Waals surface area contributed by atoms with Gasteiger partial charge in [-0.05, 0) is 23.8 Å². The molecule has 0 spiro atoms. The van der Waals surface area contributed by atoms with E-state index in [1.165, 1.54) is 6.07 Å². The zero-order chi connectivity index (χ0) is 12.5. The first kappa shape index (κ1) is 10.7. The second-order valence-electron chi connectivity index (χ2n) is 4.24. The summed E-state index contributed by atoms with van der Waals surface area (Å²) in [5.74, 6) is -0.185. The molecule has 0 fully saturated rings. The molecular weight excluding hydrogens is 226 g/mol. The van der Waals surface area contributed by atoms with Crippen molar-refractivity contribution in [3.8, 4) is 11.5 Å². The van der Waals surface area contributed by atoms with Crippen LogP contribution >= 0.6 is 0 Å². The van der Waals surface area contributed by atoms with Crippen molar-refractivity contribution in [1.29, 1.82) is 0 Å². The second-order valence-corrected chi connectivity index (χ2v) is 4.24. The van der Waals surface area contributed by atoms with Gasteiger partial charge in [-0.25, -0.2) is 0 Å². The smallest absolute Gasteiger partial charge is 0.157 e. The van der Waals surface area contributed by atoms with Crippen LogP contribution in [0.5, 0.6) is 11.5 Å². The number of hydrogen-bond donors (Lipinski definition) is 2. The lowest BCUT2D eigenvalue weighted by atomic mass is 10.2. The highest BCUT2D eigenvalue weighted by molar-refractivity contribution is 5.79. The van der Waals surface area contributed by atoms with Gasteiger partial charge in [0.05, 0.1) is 0 Å². The van der Waals surface area contributed by atoms with E-state index in [4.69, 9.17) is 0 Å². The molecule has 2 aromatic carbocycles. The molecule has 0 saturated heterocycles. The molecule has 89 valence electrons. The third-order valence-corrected chi connectivity index (χ3v) is 2.98. The molecular formula is C15H12NO2. The number of hydrogen-bond acceptors (Lipinski definition) is 2. The highest BCUT2D eigenvalue weighted by Gasteiger charge is 2.04. The predicted molar refractivity (Wildman–Crippen MR) is 69.6 cm³/mol. The summed E-state index contributed by atoms with van der Waals surface area (Å²) in [6.07, 6.45) is 1.90. The molecule has 3 nitrogen and oxygen atoms in total. The molecule has 0 bridgehead atoms. The molecule has 1 radical (unpaired) electrons. The number of benzene rings is 2. The Morgan fingerprint density at radius 2 is 1.83 bits per heavy atom. The molecule has 3 aromatic rings. The van der Waals surface area contributed by atoms with Gasteiger partial charge in [0.2, 0.25) is 0 Å². The average molecular weight is 238 g/mol. The van der Waals surface area contributed by atoms with E-state index in [2.05, 4.69) is 10.6 Å². The van der Waals surface area contributed by atoms with Crippen molar-refractivity contribution >= 4 is 10.9 Å². The number of nitrogens with zero attached hydrogens (tertiary/aromatic N) is 1. The summed E-state index contributed by atoms with van der Waals surface area (Å²) in [4.78, 5) is 0. The Bertz CT molecular complexity index is 701. The van der Waals surface area contributed by atoms with Gasteiger partial charge in [0.15, 0.2) is 11.5 Å². The van der Waals surface area contributed by atoms with Gasteiger partial charge in [0.1, 0.15) is 0 Å². The summed E-state index contributed by atoms with van der Waals surface area (Å²) in [5, 5.41) is 19.8. The minimum Gasteiger partial charge on any atom is -0.504 e. The second kappa shape index (κ2) is 4.11. The molecule has 0 amide bonds. The summed E-state index contributed by atoms with van der Waals surface area (Å²) in [7, 11) is 0. The lowest BCUT2D eigenvalue weighted by Gasteiger charge is -2.06. The standard InChI is InChI=1S/C15H12NO2/c17-14-6-5-11(9-15(14)18)10-16-8-7-12-3-1-2-4-13(12)16/h1-6,8-9,17-18H,10H2. The van der Waals surface area contributed by atoms with Crippen LogP contribution in [0, 0.1) is 6.07 Å². The van der Waals surface area contributed by atoms with E-state index in [-0.39, 0.29) is 11.5 Å². The molecule has 0 saturated carbocycles. The molecule has 3 heteroatoms. The Morgan fingerprint density at radius 3 is 2.67 bits per heavy atom. The predicted octanol–water partition coefficient (Wildman–Crippen LogP) is 2.90. The van der Waals surface area contributed by atoms with Gasteiger partial charge in [-0.15, -0.1) is 0 Å². The Labute approximate surface area is 105 Å². The zero-order valence-corrected chi connectivity index (χ0v) is 9.67. The van der Waals surface area contributed by atoms with E-state index in [0.29, 0.717) is 6.54 Å². The Kier molecular flexibility index (Phi) is 2.45. The number of aromatic hydroxyl groups is 2. The van der Waals surface area contributed by atoms with Crippen molar-refractivity contribution in [3.63, 3.8) is 0 Å². The van der Waals surface area contributed by atoms with E-state index >= 15 is 0 Å². The van der Waals surface area contributed by atoms with Crippen molar-refractivity contribution < 1.29 is 10.2 Å². The number of para-hydroxylation sites is 1. The lowest BCUT2D eigenvalue weighted by Crippen LogP contribution is -1.97. The van der Waals surface area contributed by atoms with Gasteiger partial charge in [-0.2, -0.15) is 0 Å². The van der Waals surface area contributed by atoms with Gasteiger partial charge in [0.25, 0.3) is 0 Å². The van der Waals surface area contributed by atoms with Crippen molar-refractivity contribution in [2.75, 3.05) is 0 Å². The minimum atomic E-state index is -0.0947. The Morgan fingerprint density at radius 1 is 1.00 bits per heavy atom. The molecule has 18 heavy (non-hydrogen) atoms.